The van der Waals surface area contributed by atoms with Gasteiger partial charge in [-0.1, -0.05) is 38.5 Å². The molecule has 0 radical (unpaired) electrons. The van der Waals surface area contributed by atoms with Crippen LogP contribution in [-0.4, -0.2) is 75.6 Å². The molecule has 0 saturated carbocycles. The minimum Gasteiger partial charge on any atom is -0.480 e. The van der Waals surface area contributed by atoms with Crippen LogP contribution in [0.3, 0.4) is 0 Å². The van der Waals surface area contributed by atoms with Crippen molar-refractivity contribution in [1.29, 1.82) is 0 Å². The predicted octanol–water partition coefficient (Wildman–Crippen LogP) is -1.12. The number of primary amides is 1. The first-order valence-corrected chi connectivity index (χ1v) is 12.3. The van der Waals surface area contributed by atoms with E-state index in [9.17, 15) is 29.1 Å². The number of H-pyrrole nitrogens is 1. The van der Waals surface area contributed by atoms with Crippen molar-refractivity contribution in [3.8, 4) is 0 Å². The van der Waals surface area contributed by atoms with Crippen molar-refractivity contribution >= 4 is 40.5 Å². The van der Waals surface area contributed by atoms with Gasteiger partial charge in [-0.25, -0.2) is 4.79 Å². The van der Waals surface area contributed by atoms with Crippen molar-refractivity contribution in [2.45, 2.75) is 63.7 Å². The highest BCUT2D eigenvalue weighted by Gasteiger charge is 2.32. The molecule has 1 heterocycles. The molecule has 1 aromatic heterocycles. The minimum absolute atomic E-state index is 0.214. The maximum absolute atomic E-state index is 13.2. The van der Waals surface area contributed by atoms with Crippen LogP contribution in [0.5, 0.6) is 0 Å². The zero-order chi connectivity index (χ0) is 28.4. The molecule has 1 aromatic carbocycles. The number of carboxylic acid groups (broad SMARTS) is 1. The number of carbonyl (C=O) groups is 5. The Morgan fingerprint density at radius 1 is 1.00 bits per heavy atom. The minimum atomic E-state index is -1.61. The Bertz CT molecular complexity index is 1150. The molecule has 0 aliphatic carbocycles. The number of hydrogen-bond donors (Lipinski definition) is 8. The van der Waals surface area contributed by atoms with Gasteiger partial charge < -0.3 is 42.6 Å². The first-order chi connectivity index (χ1) is 18.0. The summed E-state index contributed by atoms with van der Waals surface area (Å²) in [4.78, 5) is 64.5. The number of para-hydroxylation sites is 1. The third kappa shape index (κ3) is 8.28. The molecule has 2 aromatic rings. The van der Waals surface area contributed by atoms with Crippen molar-refractivity contribution < 1.29 is 34.2 Å². The molecule has 208 valence electrons. The molecular weight excluding hydrogens is 496 g/mol. The standard InChI is InChI=1S/C25H36N6O7/c1-3-13(2)21(31-22(34)16(26)10-14-11-28-17-7-5-4-6-15(14)17)24(36)29-18(8-9-20(27)33)23(35)30-19(12-32)25(37)38/h4-7,11,13,16,18-19,21,28,32H,3,8-10,12,26H2,1-2H3,(H2,27,33)(H,29,36)(H,30,35)(H,31,34)(H,37,38). The van der Waals surface area contributed by atoms with Crippen LogP contribution in [0.4, 0.5) is 0 Å². The van der Waals surface area contributed by atoms with Gasteiger partial charge in [0, 0.05) is 23.5 Å². The van der Waals surface area contributed by atoms with E-state index >= 15 is 0 Å². The number of carboxylic acids is 1. The maximum Gasteiger partial charge on any atom is 0.328 e. The second-order valence-electron chi connectivity index (χ2n) is 9.19. The van der Waals surface area contributed by atoms with E-state index in [2.05, 4.69) is 20.9 Å². The van der Waals surface area contributed by atoms with Crippen LogP contribution < -0.4 is 27.4 Å². The Morgan fingerprint density at radius 2 is 1.66 bits per heavy atom. The Labute approximate surface area is 219 Å². The van der Waals surface area contributed by atoms with Crippen LogP contribution in [0.1, 0.15) is 38.7 Å². The summed E-state index contributed by atoms with van der Waals surface area (Å²) in [5.41, 5.74) is 13.1. The predicted molar refractivity (Wildman–Crippen MR) is 138 cm³/mol. The van der Waals surface area contributed by atoms with E-state index in [-0.39, 0.29) is 25.2 Å². The normalized spacial score (nSPS) is 15.1. The Hall–Kier alpha value is -3.97. The van der Waals surface area contributed by atoms with E-state index in [0.717, 1.165) is 16.5 Å². The monoisotopic (exact) mass is 532 g/mol. The number of rotatable bonds is 15. The fraction of sp³-hybridized carbons (Fsp3) is 0.480. The number of hydrogen-bond acceptors (Lipinski definition) is 7. The van der Waals surface area contributed by atoms with E-state index in [1.807, 2.05) is 31.2 Å². The summed E-state index contributed by atoms with van der Waals surface area (Å²) in [5, 5.41) is 26.5. The summed E-state index contributed by atoms with van der Waals surface area (Å²) >= 11 is 0. The average Bonchev–Trinajstić information content (AvgIpc) is 3.29. The van der Waals surface area contributed by atoms with Crippen LogP contribution in [-0.2, 0) is 30.4 Å². The molecule has 10 N–H and O–H groups in total. The van der Waals surface area contributed by atoms with E-state index in [1.165, 1.54) is 0 Å². The zero-order valence-corrected chi connectivity index (χ0v) is 21.4. The highest BCUT2D eigenvalue weighted by atomic mass is 16.4. The van der Waals surface area contributed by atoms with Gasteiger partial charge in [-0.05, 0) is 30.4 Å². The summed E-state index contributed by atoms with van der Waals surface area (Å²) in [6.07, 6.45) is 2.00. The first-order valence-electron chi connectivity index (χ1n) is 12.3. The highest BCUT2D eigenvalue weighted by Crippen LogP contribution is 2.19. The Balaban J connectivity index is 2.15. The molecule has 13 nitrogen and oxygen atoms in total. The lowest BCUT2D eigenvalue weighted by Gasteiger charge is -2.27. The molecule has 5 atom stereocenters. The van der Waals surface area contributed by atoms with Gasteiger partial charge in [0.2, 0.25) is 23.6 Å². The second-order valence-corrected chi connectivity index (χ2v) is 9.19. The summed E-state index contributed by atoms with van der Waals surface area (Å²) in [7, 11) is 0. The van der Waals surface area contributed by atoms with Gasteiger partial charge in [0.1, 0.15) is 18.1 Å². The van der Waals surface area contributed by atoms with Gasteiger partial charge in [-0.2, -0.15) is 0 Å². The van der Waals surface area contributed by atoms with Crippen molar-refractivity contribution in [2.75, 3.05) is 6.61 Å². The maximum atomic E-state index is 13.2. The van der Waals surface area contributed by atoms with Crippen LogP contribution in [0, 0.1) is 5.92 Å². The van der Waals surface area contributed by atoms with Crippen LogP contribution in [0.25, 0.3) is 10.9 Å². The summed E-state index contributed by atoms with van der Waals surface area (Å²) in [6.45, 7) is 2.68. The van der Waals surface area contributed by atoms with Crippen LogP contribution in [0.2, 0.25) is 0 Å². The summed E-state index contributed by atoms with van der Waals surface area (Å²) < 4.78 is 0. The van der Waals surface area contributed by atoms with E-state index in [4.69, 9.17) is 16.6 Å². The van der Waals surface area contributed by atoms with E-state index < -0.39 is 60.4 Å². The largest absolute Gasteiger partial charge is 0.480 e. The number of amides is 4. The third-order valence-corrected chi connectivity index (χ3v) is 6.35. The Kier molecular flexibility index (Phi) is 11.2. The Morgan fingerprint density at radius 3 is 2.26 bits per heavy atom. The SMILES string of the molecule is CCC(C)C(NC(=O)C(N)Cc1c[nH]c2ccccc12)C(=O)NC(CCC(N)=O)C(=O)NC(CO)C(=O)O. The number of aliphatic hydroxyl groups is 1. The molecule has 38 heavy (non-hydrogen) atoms. The van der Waals surface area contributed by atoms with E-state index in [1.54, 1.807) is 13.1 Å². The van der Waals surface area contributed by atoms with Crippen molar-refractivity contribution in [2.24, 2.45) is 17.4 Å². The number of aliphatic carboxylic acids is 1. The third-order valence-electron chi connectivity index (χ3n) is 6.35. The molecule has 0 aliphatic heterocycles. The second kappa shape index (κ2) is 14.1. The van der Waals surface area contributed by atoms with E-state index in [0.29, 0.717) is 6.42 Å². The topological polar surface area (TPSA) is 230 Å². The lowest BCUT2D eigenvalue weighted by Crippen LogP contribution is -2.59. The number of aromatic nitrogens is 1. The number of benzene rings is 1. The van der Waals surface area contributed by atoms with Gasteiger partial charge in [0.15, 0.2) is 0 Å². The summed E-state index contributed by atoms with van der Waals surface area (Å²) in [5.74, 6) is -4.78. The smallest absolute Gasteiger partial charge is 0.328 e. The lowest BCUT2D eigenvalue weighted by atomic mass is 9.96. The summed E-state index contributed by atoms with van der Waals surface area (Å²) in [6, 6.07) is 2.57. The molecular formula is C25H36N6O7. The van der Waals surface area contributed by atoms with Gasteiger partial charge in [-0.15, -0.1) is 0 Å². The number of nitrogens with one attached hydrogen (secondary N) is 4. The number of fused-ring (bicyclic) bond motifs is 1. The van der Waals surface area contributed by atoms with Crippen molar-refractivity contribution in [3.05, 3.63) is 36.0 Å². The molecule has 2 rings (SSSR count). The fourth-order valence-electron chi connectivity index (χ4n) is 3.87. The molecule has 0 bridgehead atoms. The molecule has 0 saturated heterocycles. The fourth-order valence-corrected chi connectivity index (χ4v) is 3.87. The molecule has 5 unspecified atom stereocenters. The van der Waals surface area contributed by atoms with Gasteiger partial charge in [-0.3, -0.25) is 19.2 Å². The van der Waals surface area contributed by atoms with Gasteiger partial charge >= 0.3 is 5.97 Å². The molecule has 4 amide bonds. The quantitative estimate of drug-likeness (QED) is 0.140. The first kappa shape index (κ1) is 30.3. The number of nitrogens with two attached hydrogens (primary N) is 2. The molecule has 13 heteroatoms. The number of carbonyl (C=O) groups excluding carboxylic acids is 4. The highest BCUT2D eigenvalue weighted by molar-refractivity contribution is 5.94. The molecule has 0 fully saturated rings. The van der Waals surface area contributed by atoms with Crippen molar-refractivity contribution in [3.63, 3.8) is 0 Å². The molecule has 0 aliphatic rings. The van der Waals surface area contributed by atoms with Crippen molar-refractivity contribution in [1.82, 2.24) is 20.9 Å². The number of aliphatic hydroxyl groups excluding tert-OH is 1. The van der Waals surface area contributed by atoms with Crippen LogP contribution in [0.15, 0.2) is 30.5 Å². The zero-order valence-electron chi connectivity index (χ0n) is 21.4. The van der Waals surface area contributed by atoms with Crippen LogP contribution >= 0.6 is 0 Å². The van der Waals surface area contributed by atoms with Gasteiger partial charge in [0.05, 0.1) is 12.6 Å². The lowest BCUT2D eigenvalue weighted by molar-refractivity contribution is -0.143. The molecule has 0 spiro atoms. The number of aromatic amines is 1. The average molecular weight is 533 g/mol. The van der Waals surface area contributed by atoms with Gasteiger partial charge in [0.25, 0.3) is 0 Å².